The lowest BCUT2D eigenvalue weighted by Crippen LogP contribution is -2.42. The van der Waals surface area contributed by atoms with E-state index in [0.29, 0.717) is 19.3 Å². The van der Waals surface area contributed by atoms with E-state index >= 15 is 0 Å². The summed E-state index contributed by atoms with van der Waals surface area (Å²) in [6.45, 7) is 7.76. The SMILES string of the molecule is CCCC(CC(C)CC)(C(=O)O)C(=O)OCC. The van der Waals surface area contributed by atoms with Crippen molar-refractivity contribution in [3.8, 4) is 0 Å². The molecule has 0 aliphatic carbocycles. The molecule has 17 heavy (non-hydrogen) atoms. The molecule has 0 aliphatic rings. The van der Waals surface area contributed by atoms with E-state index in [9.17, 15) is 14.7 Å². The summed E-state index contributed by atoms with van der Waals surface area (Å²) in [5.74, 6) is -1.45. The van der Waals surface area contributed by atoms with E-state index < -0.39 is 17.4 Å². The Hall–Kier alpha value is -1.06. The Bertz CT molecular complexity index is 262. The van der Waals surface area contributed by atoms with Crippen LogP contribution in [-0.2, 0) is 14.3 Å². The summed E-state index contributed by atoms with van der Waals surface area (Å²) < 4.78 is 4.95. The minimum absolute atomic E-state index is 0.196. The zero-order valence-electron chi connectivity index (χ0n) is 11.3. The second kappa shape index (κ2) is 7.30. The van der Waals surface area contributed by atoms with E-state index in [0.717, 1.165) is 6.42 Å². The summed E-state index contributed by atoms with van der Waals surface area (Å²) in [5.41, 5.74) is -1.36. The van der Waals surface area contributed by atoms with Gasteiger partial charge in [0.25, 0.3) is 0 Å². The molecule has 0 aromatic rings. The van der Waals surface area contributed by atoms with Crippen molar-refractivity contribution in [1.82, 2.24) is 0 Å². The number of carboxylic acid groups (broad SMARTS) is 1. The number of esters is 1. The van der Waals surface area contributed by atoms with Crippen LogP contribution in [-0.4, -0.2) is 23.7 Å². The van der Waals surface area contributed by atoms with Crippen LogP contribution in [0.2, 0.25) is 0 Å². The molecule has 0 fully saturated rings. The second-order valence-electron chi connectivity index (χ2n) is 4.58. The van der Waals surface area contributed by atoms with Gasteiger partial charge in [0.1, 0.15) is 0 Å². The Balaban J connectivity index is 5.11. The number of hydrogen-bond acceptors (Lipinski definition) is 3. The smallest absolute Gasteiger partial charge is 0.323 e. The van der Waals surface area contributed by atoms with Crippen LogP contribution in [0.3, 0.4) is 0 Å². The first kappa shape index (κ1) is 15.9. The van der Waals surface area contributed by atoms with Crippen LogP contribution in [0.4, 0.5) is 0 Å². The largest absolute Gasteiger partial charge is 0.480 e. The predicted molar refractivity (Wildman–Crippen MR) is 65.7 cm³/mol. The van der Waals surface area contributed by atoms with Gasteiger partial charge in [0.2, 0.25) is 0 Å². The molecule has 0 amide bonds. The van der Waals surface area contributed by atoms with Crippen LogP contribution in [0, 0.1) is 11.3 Å². The molecule has 4 nitrogen and oxygen atoms in total. The van der Waals surface area contributed by atoms with Gasteiger partial charge in [0, 0.05) is 0 Å². The molecule has 0 rings (SSSR count). The highest BCUT2D eigenvalue weighted by molar-refractivity contribution is 5.99. The lowest BCUT2D eigenvalue weighted by atomic mass is 9.75. The summed E-state index contributed by atoms with van der Waals surface area (Å²) in [5, 5.41) is 9.40. The third kappa shape index (κ3) is 4.02. The molecule has 2 unspecified atom stereocenters. The molecule has 2 atom stereocenters. The monoisotopic (exact) mass is 244 g/mol. The van der Waals surface area contributed by atoms with Crippen LogP contribution in [0.15, 0.2) is 0 Å². The van der Waals surface area contributed by atoms with Crippen molar-refractivity contribution in [2.75, 3.05) is 6.61 Å². The molecule has 0 aliphatic heterocycles. The highest BCUT2D eigenvalue weighted by Gasteiger charge is 2.47. The maximum atomic E-state index is 11.9. The van der Waals surface area contributed by atoms with Gasteiger partial charge >= 0.3 is 11.9 Å². The molecule has 100 valence electrons. The highest BCUT2D eigenvalue weighted by Crippen LogP contribution is 2.35. The first-order chi connectivity index (χ1) is 7.94. The van der Waals surface area contributed by atoms with E-state index in [-0.39, 0.29) is 12.5 Å². The minimum Gasteiger partial charge on any atom is -0.480 e. The van der Waals surface area contributed by atoms with Gasteiger partial charge in [-0.15, -0.1) is 0 Å². The van der Waals surface area contributed by atoms with Crippen molar-refractivity contribution >= 4 is 11.9 Å². The summed E-state index contributed by atoms with van der Waals surface area (Å²) in [6.07, 6.45) is 2.21. The molecule has 0 aromatic carbocycles. The van der Waals surface area contributed by atoms with E-state index in [2.05, 4.69) is 0 Å². The summed E-state index contributed by atoms with van der Waals surface area (Å²) in [7, 11) is 0. The maximum Gasteiger partial charge on any atom is 0.323 e. The number of carbonyl (C=O) groups excluding carboxylic acids is 1. The molecule has 0 saturated carbocycles. The average molecular weight is 244 g/mol. The molecule has 0 heterocycles. The second-order valence-corrected chi connectivity index (χ2v) is 4.58. The van der Waals surface area contributed by atoms with Crippen molar-refractivity contribution in [3.63, 3.8) is 0 Å². The number of hydrogen-bond donors (Lipinski definition) is 1. The van der Waals surface area contributed by atoms with E-state index in [1.807, 2.05) is 20.8 Å². The summed E-state index contributed by atoms with van der Waals surface area (Å²) in [4.78, 5) is 23.4. The number of carbonyl (C=O) groups is 2. The first-order valence-electron chi connectivity index (χ1n) is 6.35. The van der Waals surface area contributed by atoms with Gasteiger partial charge in [-0.3, -0.25) is 9.59 Å². The van der Waals surface area contributed by atoms with Crippen LogP contribution >= 0.6 is 0 Å². The van der Waals surface area contributed by atoms with Gasteiger partial charge in [0.15, 0.2) is 5.41 Å². The number of aliphatic carboxylic acids is 1. The summed E-state index contributed by atoms with van der Waals surface area (Å²) in [6, 6.07) is 0. The van der Waals surface area contributed by atoms with Crippen molar-refractivity contribution < 1.29 is 19.4 Å². The van der Waals surface area contributed by atoms with E-state index in [1.54, 1.807) is 6.92 Å². The molecule has 0 radical (unpaired) electrons. The molecule has 0 aromatic heterocycles. The Morgan fingerprint density at radius 1 is 1.29 bits per heavy atom. The van der Waals surface area contributed by atoms with E-state index in [4.69, 9.17) is 4.74 Å². The van der Waals surface area contributed by atoms with Crippen molar-refractivity contribution in [2.24, 2.45) is 11.3 Å². The zero-order chi connectivity index (χ0) is 13.5. The van der Waals surface area contributed by atoms with Gasteiger partial charge < -0.3 is 9.84 Å². The van der Waals surface area contributed by atoms with Gasteiger partial charge in [0.05, 0.1) is 6.61 Å². The molecular weight excluding hydrogens is 220 g/mol. The van der Waals surface area contributed by atoms with Gasteiger partial charge in [-0.1, -0.05) is 33.6 Å². The van der Waals surface area contributed by atoms with E-state index in [1.165, 1.54) is 0 Å². The fraction of sp³-hybridized carbons (Fsp3) is 0.846. The zero-order valence-corrected chi connectivity index (χ0v) is 11.3. The Morgan fingerprint density at radius 3 is 2.24 bits per heavy atom. The molecule has 1 N–H and O–H groups in total. The molecule has 0 spiro atoms. The standard InChI is InChI=1S/C13H24O4/c1-5-8-13(11(14)15,9-10(4)6-2)12(16)17-7-3/h10H,5-9H2,1-4H3,(H,14,15). The quantitative estimate of drug-likeness (QED) is 0.526. The fourth-order valence-electron chi connectivity index (χ4n) is 2.00. The molecule has 4 heteroatoms. The summed E-state index contributed by atoms with van der Waals surface area (Å²) >= 11 is 0. The molecule has 0 bridgehead atoms. The normalized spacial score (nSPS) is 16.0. The van der Waals surface area contributed by atoms with Gasteiger partial charge in [-0.05, 0) is 25.7 Å². The van der Waals surface area contributed by atoms with Crippen LogP contribution in [0.25, 0.3) is 0 Å². The lowest BCUT2D eigenvalue weighted by molar-refractivity contribution is -0.170. The Labute approximate surface area is 103 Å². The average Bonchev–Trinajstić information content (AvgIpc) is 2.28. The minimum atomic E-state index is -1.36. The molecule has 0 saturated heterocycles. The van der Waals surface area contributed by atoms with Crippen LogP contribution < -0.4 is 0 Å². The maximum absolute atomic E-state index is 11.9. The number of carboxylic acids is 1. The van der Waals surface area contributed by atoms with Crippen LogP contribution in [0.1, 0.15) is 53.4 Å². The Morgan fingerprint density at radius 2 is 1.88 bits per heavy atom. The predicted octanol–water partition coefficient (Wildman–Crippen LogP) is 2.86. The van der Waals surface area contributed by atoms with Crippen LogP contribution in [0.5, 0.6) is 0 Å². The Kier molecular flexibility index (Phi) is 6.85. The first-order valence-corrected chi connectivity index (χ1v) is 6.35. The molecular formula is C13H24O4. The number of ether oxygens (including phenoxy) is 1. The van der Waals surface area contributed by atoms with Crippen molar-refractivity contribution in [1.29, 1.82) is 0 Å². The highest BCUT2D eigenvalue weighted by atomic mass is 16.5. The topological polar surface area (TPSA) is 63.6 Å². The van der Waals surface area contributed by atoms with Gasteiger partial charge in [-0.25, -0.2) is 0 Å². The third-order valence-corrected chi connectivity index (χ3v) is 3.15. The lowest BCUT2D eigenvalue weighted by Gasteiger charge is -2.29. The number of rotatable bonds is 8. The van der Waals surface area contributed by atoms with Crippen molar-refractivity contribution in [3.05, 3.63) is 0 Å². The van der Waals surface area contributed by atoms with Gasteiger partial charge in [-0.2, -0.15) is 0 Å². The third-order valence-electron chi connectivity index (χ3n) is 3.15. The van der Waals surface area contributed by atoms with Crippen molar-refractivity contribution in [2.45, 2.75) is 53.4 Å². The fourth-order valence-corrected chi connectivity index (χ4v) is 2.00.